The zero-order chi connectivity index (χ0) is 47.4. The number of fused-ring (bicyclic) bond motifs is 10. The topological polar surface area (TPSA) is 105 Å². The third kappa shape index (κ3) is 5.82. The molecule has 0 unspecified atom stereocenters. The molecule has 0 amide bonds. The average molecular weight is 889 g/mol. The fraction of sp³-hybridized carbons (Fsp3) is 0.0312. The Labute approximate surface area is 402 Å². The van der Waals surface area contributed by atoms with Crippen LogP contribution in [0, 0.1) is 59.2 Å². The van der Waals surface area contributed by atoms with Crippen molar-refractivity contribution in [2.45, 2.75) is 13.8 Å². The van der Waals surface area contributed by atoms with Gasteiger partial charge < -0.3 is 9.13 Å². The third-order valence-corrected chi connectivity index (χ3v) is 14.4. The molecule has 0 aliphatic carbocycles. The predicted octanol–water partition coefficient (Wildman–Crippen LogP) is 15.9. The molecule has 0 saturated carbocycles. The van der Waals surface area contributed by atoms with Crippen molar-refractivity contribution >= 4 is 86.7 Å². The lowest BCUT2D eigenvalue weighted by molar-refractivity contribution is 1.18. The van der Waals surface area contributed by atoms with Gasteiger partial charge >= 0.3 is 0 Å². The van der Waals surface area contributed by atoms with Crippen molar-refractivity contribution < 1.29 is 0 Å². The quantitative estimate of drug-likeness (QED) is 0.164. The van der Waals surface area contributed by atoms with E-state index in [1.165, 1.54) is 0 Å². The van der Waals surface area contributed by atoms with Crippen LogP contribution in [-0.4, -0.2) is 9.13 Å². The van der Waals surface area contributed by atoms with Gasteiger partial charge in [0, 0.05) is 32.9 Å². The molecular formula is C64H36N6. The van der Waals surface area contributed by atoms with Crippen molar-refractivity contribution in [2.75, 3.05) is 0 Å². The van der Waals surface area contributed by atoms with Crippen molar-refractivity contribution in [3.05, 3.63) is 215 Å². The molecule has 0 fully saturated rings. The van der Waals surface area contributed by atoms with Gasteiger partial charge in [-0.1, -0.05) is 84.9 Å². The number of hydrogen-bond donors (Lipinski definition) is 0. The zero-order valence-corrected chi connectivity index (χ0v) is 38.0. The van der Waals surface area contributed by atoms with Crippen molar-refractivity contribution in [1.82, 2.24) is 9.13 Å². The Morgan fingerprint density at radius 1 is 0.286 bits per heavy atom. The Balaban J connectivity index is 1.23. The molecule has 2 aromatic heterocycles. The van der Waals surface area contributed by atoms with Crippen LogP contribution in [0.3, 0.4) is 0 Å². The van der Waals surface area contributed by atoms with Gasteiger partial charge in [0.25, 0.3) is 0 Å². The molecule has 2 heterocycles. The van der Waals surface area contributed by atoms with E-state index in [1.54, 1.807) is 0 Å². The standard InChI is InChI=1S/C64H36N6/c1-37-11-17-43-7-3-5-9-47(43)61(37)63-49-21-19-46(70-59-25-15-41(35-67)29-53(59)54-30-42(36-68)16-26-60(54)70)32-56(49)64(62-38(2)12-18-44-8-4-6-10-48(44)62)50-22-20-45(31-55(50)63)69-57-23-13-39(33-65)27-51(57)52-28-40(34-66)14-24-58(52)69/h3-32H,1-2H3. The minimum Gasteiger partial charge on any atom is -0.309 e. The summed E-state index contributed by atoms with van der Waals surface area (Å²) in [5.41, 5.74) is 14.8. The molecule has 0 atom stereocenters. The first-order valence-electron chi connectivity index (χ1n) is 23.1. The summed E-state index contributed by atoms with van der Waals surface area (Å²) in [5.74, 6) is 0. The minimum absolute atomic E-state index is 0.557. The van der Waals surface area contributed by atoms with Crippen molar-refractivity contribution in [2.24, 2.45) is 0 Å². The van der Waals surface area contributed by atoms with Crippen molar-refractivity contribution in [1.29, 1.82) is 21.0 Å². The van der Waals surface area contributed by atoms with Gasteiger partial charge in [-0.05, 0) is 187 Å². The highest BCUT2D eigenvalue weighted by molar-refractivity contribution is 6.27. The number of nitriles is 4. The summed E-state index contributed by atoms with van der Waals surface area (Å²) in [5, 5.41) is 52.6. The summed E-state index contributed by atoms with van der Waals surface area (Å²) >= 11 is 0. The Morgan fingerprint density at radius 3 is 0.971 bits per heavy atom. The van der Waals surface area contributed by atoms with E-state index in [0.717, 1.165) is 131 Å². The van der Waals surface area contributed by atoms with Gasteiger partial charge in [-0.15, -0.1) is 0 Å². The third-order valence-electron chi connectivity index (χ3n) is 14.4. The summed E-state index contributed by atoms with van der Waals surface area (Å²) in [7, 11) is 0. The molecule has 13 rings (SSSR count). The van der Waals surface area contributed by atoms with E-state index in [4.69, 9.17) is 0 Å². The summed E-state index contributed by atoms with van der Waals surface area (Å²) in [6.07, 6.45) is 0. The predicted molar refractivity (Wildman–Crippen MR) is 284 cm³/mol. The summed E-state index contributed by atoms with van der Waals surface area (Å²) in [6.45, 7) is 4.41. The van der Waals surface area contributed by atoms with E-state index in [1.807, 2.05) is 72.8 Å². The molecular weight excluding hydrogens is 853 g/mol. The second-order valence-electron chi connectivity index (χ2n) is 18.2. The van der Waals surface area contributed by atoms with Crippen LogP contribution < -0.4 is 0 Å². The number of hydrogen-bond acceptors (Lipinski definition) is 4. The van der Waals surface area contributed by atoms with Crippen LogP contribution in [0.15, 0.2) is 182 Å². The molecule has 0 saturated heterocycles. The van der Waals surface area contributed by atoms with E-state index in [2.05, 4.69) is 156 Å². The normalized spacial score (nSPS) is 11.5. The Bertz CT molecular complexity index is 4230. The summed E-state index contributed by atoms with van der Waals surface area (Å²) < 4.78 is 4.53. The van der Waals surface area contributed by atoms with Gasteiger partial charge in [0.15, 0.2) is 0 Å². The van der Waals surface area contributed by atoms with Crippen LogP contribution in [-0.2, 0) is 0 Å². The highest BCUT2D eigenvalue weighted by atomic mass is 15.0. The smallest absolute Gasteiger partial charge is 0.0991 e. The van der Waals surface area contributed by atoms with E-state index >= 15 is 0 Å². The minimum atomic E-state index is 0.557. The van der Waals surface area contributed by atoms with Gasteiger partial charge in [-0.2, -0.15) is 21.0 Å². The number of aryl methyl sites for hydroxylation is 2. The van der Waals surface area contributed by atoms with Gasteiger partial charge in [0.05, 0.1) is 68.6 Å². The molecule has 0 N–H and O–H groups in total. The first-order valence-corrected chi connectivity index (χ1v) is 23.1. The van der Waals surface area contributed by atoms with Crippen LogP contribution >= 0.6 is 0 Å². The number of rotatable bonds is 4. The van der Waals surface area contributed by atoms with Crippen LogP contribution in [0.25, 0.3) is 120 Å². The second-order valence-corrected chi connectivity index (χ2v) is 18.2. The van der Waals surface area contributed by atoms with Gasteiger partial charge in [0.1, 0.15) is 0 Å². The van der Waals surface area contributed by atoms with Crippen LogP contribution in [0.1, 0.15) is 33.4 Å². The molecule has 6 nitrogen and oxygen atoms in total. The molecule has 11 aromatic carbocycles. The van der Waals surface area contributed by atoms with Gasteiger partial charge in [0.2, 0.25) is 0 Å². The maximum atomic E-state index is 10.0. The average Bonchev–Trinajstić information content (AvgIpc) is 3.91. The van der Waals surface area contributed by atoms with Crippen molar-refractivity contribution in [3.63, 3.8) is 0 Å². The molecule has 70 heavy (non-hydrogen) atoms. The first kappa shape index (κ1) is 40.3. The Hall–Kier alpha value is -9.98. The monoisotopic (exact) mass is 888 g/mol. The number of aromatic nitrogens is 2. The maximum Gasteiger partial charge on any atom is 0.0991 e. The largest absolute Gasteiger partial charge is 0.309 e. The molecule has 6 heteroatoms. The Morgan fingerprint density at radius 2 is 0.629 bits per heavy atom. The highest BCUT2D eigenvalue weighted by Gasteiger charge is 2.25. The number of benzene rings is 11. The lowest BCUT2D eigenvalue weighted by Crippen LogP contribution is -2.00. The van der Waals surface area contributed by atoms with E-state index in [0.29, 0.717) is 22.3 Å². The van der Waals surface area contributed by atoms with Crippen LogP contribution in [0.2, 0.25) is 0 Å². The van der Waals surface area contributed by atoms with E-state index in [-0.39, 0.29) is 0 Å². The van der Waals surface area contributed by atoms with Gasteiger partial charge in [-0.25, -0.2) is 0 Å². The molecule has 0 aliphatic rings. The van der Waals surface area contributed by atoms with Gasteiger partial charge in [-0.3, -0.25) is 0 Å². The van der Waals surface area contributed by atoms with Crippen LogP contribution in [0.4, 0.5) is 0 Å². The molecule has 13 aromatic rings. The maximum absolute atomic E-state index is 10.0. The van der Waals surface area contributed by atoms with E-state index < -0.39 is 0 Å². The molecule has 0 spiro atoms. The Kier molecular flexibility index (Phi) is 8.80. The molecule has 0 radical (unpaired) electrons. The summed E-state index contributed by atoms with van der Waals surface area (Å²) in [4.78, 5) is 0. The highest BCUT2D eigenvalue weighted by Crippen LogP contribution is 2.50. The molecule has 322 valence electrons. The van der Waals surface area contributed by atoms with E-state index in [9.17, 15) is 21.0 Å². The fourth-order valence-electron chi connectivity index (χ4n) is 11.3. The lowest BCUT2D eigenvalue weighted by atomic mass is 9.81. The fourth-order valence-corrected chi connectivity index (χ4v) is 11.3. The molecule has 0 bridgehead atoms. The summed E-state index contributed by atoms with van der Waals surface area (Å²) in [6, 6.07) is 72.3. The second kappa shape index (κ2) is 15.3. The van der Waals surface area contributed by atoms with Crippen molar-refractivity contribution in [3.8, 4) is 57.9 Å². The first-order chi connectivity index (χ1) is 34.3. The number of nitrogens with zero attached hydrogens (tertiary/aromatic N) is 6. The van der Waals surface area contributed by atoms with Crippen LogP contribution in [0.5, 0.6) is 0 Å². The zero-order valence-electron chi connectivity index (χ0n) is 38.0. The SMILES string of the molecule is Cc1ccc2ccccc2c1-c1c2ccc(-n3c4ccc(C#N)cc4c4cc(C#N)ccc43)cc2c(-c2c(C)ccc3ccccc23)c2ccc(-n3c4ccc(C#N)cc4c4cc(C#N)ccc43)cc12. The molecule has 0 aliphatic heterocycles. The lowest BCUT2D eigenvalue weighted by Gasteiger charge is -2.23.